The van der Waals surface area contributed by atoms with E-state index in [2.05, 4.69) is 45.0 Å². The molecule has 1 aromatic heterocycles. The Morgan fingerprint density at radius 1 is 1.17 bits per heavy atom. The highest BCUT2D eigenvalue weighted by Crippen LogP contribution is 2.27. The second kappa shape index (κ2) is 5.07. The molecule has 1 aromatic carbocycles. The fourth-order valence-electron chi connectivity index (χ4n) is 2.21. The Labute approximate surface area is 109 Å². The summed E-state index contributed by atoms with van der Waals surface area (Å²) in [5.74, 6) is 0.428. The van der Waals surface area contributed by atoms with E-state index in [-0.39, 0.29) is 6.04 Å². The number of aromatic nitrogens is 1. The largest absolute Gasteiger partial charge is 0.324 e. The summed E-state index contributed by atoms with van der Waals surface area (Å²) in [6, 6.07) is 8.71. The van der Waals surface area contributed by atoms with Gasteiger partial charge >= 0.3 is 0 Å². The molecule has 0 aliphatic rings. The van der Waals surface area contributed by atoms with Crippen LogP contribution in [0.1, 0.15) is 56.5 Å². The maximum Gasteiger partial charge on any atom is 0.0708 e. The number of aryl methyl sites for hydroxylation is 1. The van der Waals surface area contributed by atoms with Gasteiger partial charge in [-0.3, -0.25) is 4.98 Å². The molecule has 0 aliphatic heterocycles. The van der Waals surface area contributed by atoms with E-state index in [0.717, 1.165) is 17.6 Å². The van der Waals surface area contributed by atoms with Gasteiger partial charge in [-0.2, -0.15) is 0 Å². The highest BCUT2D eigenvalue weighted by molar-refractivity contribution is 5.83. The van der Waals surface area contributed by atoms with Crippen LogP contribution in [0.3, 0.4) is 0 Å². The summed E-state index contributed by atoms with van der Waals surface area (Å²) < 4.78 is 0. The molecule has 1 heterocycles. The Hall–Kier alpha value is -1.41. The normalized spacial score (nSPS) is 13.2. The second-order valence-corrected chi connectivity index (χ2v) is 5.28. The van der Waals surface area contributed by atoms with Gasteiger partial charge < -0.3 is 5.73 Å². The SMILES string of the molecule is CCc1ccc2nc(C(C)C)cc(C(C)N)c2c1. The summed E-state index contributed by atoms with van der Waals surface area (Å²) >= 11 is 0. The van der Waals surface area contributed by atoms with Gasteiger partial charge in [0, 0.05) is 17.1 Å². The van der Waals surface area contributed by atoms with Crippen molar-refractivity contribution in [3.05, 3.63) is 41.1 Å². The van der Waals surface area contributed by atoms with E-state index < -0.39 is 0 Å². The molecule has 0 fully saturated rings. The van der Waals surface area contributed by atoms with Crippen LogP contribution in [0.4, 0.5) is 0 Å². The van der Waals surface area contributed by atoms with Gasteiger partial charge in [-0.1, -0.05) is 26.8 Å². The zero-order valence-corrected chi connectivity index (χ0v) is 11.7. The third-order valence-corrected chi connectivity index (χ3v) is 3.42. The van der Waals surface area contributed by atoms with Crippen LogP contribution >= 0.6 is 0 Å². The van der Waals surface area contributed by atoms with Crippen LogP contribution < -0.4 is 5.73 Å². The maximum atomic E-state index is 6.11. The van der Waals surface area contributed by atoms with Crippen LogP contribution in [0, 0.1) is 0 Å². The smallest absolute Gasteiger partial charge is 0.0708 e. The molecule has 2 N–H and O–H groups in total. The zero-order valence-electron chi connectivity index (χ0n) is 11.7. The summed E-state index contributed by atoms with van der Waals surface area (Å²) in [5.41, 5.74) is 10.8. The number of hydrogen-bond donors (Lipinski definition) is 1. The van der Waals surface area contributed by atoms with Crippen molar-refractivity contribution < 1.29 is 0 Å². The summed E-state index contributed by atoms with van der Waals surface area (Å²) in [6.07, 6.45) is 1.04. The highest BCUT2D eigenvalue weighted by atomic mass is 14.7. The molecule has 18 heavy (non-hydrogen) atoms. The summed E-state index contributed by atoms with van der Waals surface area (Å²) in [7, 11) is 0. The average Bonchev–Trinajstić information content (AvgIpc) is 2.36. The van der Waals surface area contributed by atoms with E-state index in [1.54, 1.807) is 0 Å². The molecule has 0 saturated heterocycles. The second-order valence-electron chi connectivity index (χ2n) is 5.28. The minimum absolute atomic E-state index is 0.0418. The Bertz CT molecular complexity index is 556. The van der Waals surface area contributed by atoms with Gasteiger partial charge in [0.2, 0.25) is 0 Å². The average molecular weight is 242 g/mol. The van der Waals surface area contributed by atoms with Gasteiger partial charge in [0.25, 0.3) is 0 Å². The Balaban J connectivity index is 2.73. The summed E-state index contributed by atoms with van der Waals surface area (Å²) in [6.45, 7) is 8.54. The fourth-order valence-corrected chi connectivity index (χ4v) is 2.21. The first-order valence-corrected chi connectivity index (χ1v) is 6.72. The van der Waals surface area contributed by atoms with Crippen molar-refractivity contribution in [3.8, 4) is 0 Å². The molecule has 0 bridgehead atoms. The lowest BCUT2D eigenvalue weighted by molar-refractivity contribution is 0.794. The van der Waals surface area contributed by atoms with Crippen molar-refractivity contribution in [1.82, 2.24) is 4.98 Å². The maximum absolute atomic E-state index is 6.11. The van der Waals surface area contributed by atoms with Crippen LogP contribution in [-0.2, 0) is 6.42 Å². The molecular weight excluding hydrogens is 220 g/mol. The minimum atomic E-state index is 0.0418. The lowest BCUT2D eigenvalue weighted by Crippen LogP contribution is -2.08. The van der Waals surface area contributed by atoms with E-state index in [1.807, 2.05) is 6.92 Å². The Kier molecular flexibility index (Phi) is 3.67. The molecule has 2 heteroatoms. The standard InChI is InChI=1S/C16H22N2/c1-5-12-6-7-15-14(8-12)13(11(4)17)9-16(18-15)10(2)3/h6-11H,5,17H2,1-4H3. The molecule has 0 aliphatic carbocycles. The van der Waals surface area contributed by atoms with Crippen molar-refractivity contribution in [2.45, 2.75) is 46.1 Å². The van der Waals surface area contributed by atoms with Gasteiger partial charge in [0.15, 0.2) is 0 Å². The first-order valence-electron chi connectivity index (χ1n) is 6.72. The third-order valence-electron chi connectivity index (χ3n) is 3.42. The molecule has 1 unspecified atom stereocenters. The van der Waals surface area contributed by atoms with Crippen LogP contribution in [0.2, 0.25) is 0 Å². The predicted octanol–water partition coefficient (Wildman–Crippen LogP) is 3.94. The number of nitrogens with two attached hydrogens (primary N) is 1. The van der Waals surface area contributed by atoms with Gasteiger partial charge in [-0.15, -0.1) is 0 Å². The number of rotatable bonds is 3. The van der Waals surface area contributed by atoms with E-state index in [9.17, 15) is 0 Å². The molecule has 0 amide bonds. The number of hydrogen-bond acceptors (Lipinski definition) is 2. The number of pyridine rings is 1. The lowest BCUT2D eigenvalue weighted by Gasteiger charge is -2.15. The topological polar surface area (TPSA) is 38.9 Å². The van der Waals surface area contributed by atoms with Crippen LogP contribution in [0.5, 0.6) is 0 Å². The molecular formula is C16H22N2. The monoisotopic (exact) mass is 242 g/mol. The van der Waals surface area contributed by atoms with Crippen molar-refractivity contribution in [2.24, 2.45) is 5.73 Å². The van der Waals surface area contributed by atoms with Crippen molar-refractivity contribution in [2.75, 3.05) is 0 Å². The summed E-state index contributed by atoms with van der Waals surface area (Å²) in [4.78, 5) is 4.74. The molecule has 0 radical (unpaired) electrons. The zero-order chi connectivity index (χ0) is 13.3. The molecule has 0 saturated carbocycles. The van der Waals surface area contributed by atoms with Gasteiger partial charge in [-0.25, -0.2) is 0 Å². The van der Waals surface area contributed by atoms with E-state index in [1.165, 1.54) is 16.5 Å². The third kappa shape index (κ3) is 2.39. The van der Waals surface area contributed by atoms with Crippen molar-refractivity contribution >= 4 is 10.9 Å². The van der Waals surface area contributed by atoms with Gasteiger partial charge in [-0.05, 0) is 48.6 Å². The van der Waals surface area contributed by atoms with Gasteiger partial charge in [0.1, 0.15) is 0 Å². The van der Waals surface area contributed by atoms with E-state index >= 15 is 0 Å². The molecule has 1 atom stereocenters. The highest BCUT2D eigenvalue weighted by Gasteiger charge is 2.11. The Morgan fingerprint density at radius 3 is 2.44 bits per heavy atom. The molecule has 2 rings (SSSR count). The lowest BCUT2D eigenvalue weighted by atomic mass is 9.97. The van der Waals surface area contributed by atoms with Gasteiger partial charge in [0.05, 0.1) is 5.52 Å². The van der Waals surface area contributed by atoms with Crippen LogP contribution in [-0.4, -0.2) is 4.98 Å². The quantitative estimate of drug-likeness (QED) is 0.885. The van der Waals surface area contributed by atoms with E-state index in [0.29, 0.717) is 5.92 Å². The predicted molar refractivity (Wildman–Crippen MR) is 77.8 cm³/mol. The van der Waals surface area contributed by atoms with E-state index in [4.69, 9.17) is 10.7 Å². The first kappa shape index (κ1) is 13.0. The van der Waals surface area contributed by atoms with Crippen molar-refractivity contribution in [3.63, 3.8) is 0 Å². The van der Waals surface area contributed by atoms with Crippen LogP contribution in [0.25, 0.3) is 10.9 Å². The number of nitrogens with zero attached hydrogens (tertiary/aromatic N) is 1. The van der Waals surface area contributed by atoms with Crippen LogP contribution in [0.15, 0.2) is 24.3 Å². The molecule has 2 nitrogen and oxygen atoms in total. The molecule has 96 valence electrons. The molecule has 2 aromatic rings. The number of benzene rings is 1. The fraction of sp³-hybridized carbons (Fsp3) is 0.438. The number of fused-ring (bicyclic) bond motifs is 1. The Morgan fingerprint density at radius 2 is 1.89 bits per heavy atom. The van der Waals surface area contributed by atoms with Crippen molar-refractivity contribution in [1.29, 1.82) is 0 Å². The first-order chi connectivity index (χ1) is 8.52. The summed E-state index contributed by atoms with van der Waals surface area (Å²) in [5, 5.41) is 1.20. The minimum Gasteiger partial charge on any atom is -0.324 e. The molecule has 0 spiro atoms.